The Kier molecular flexibility index (Phi) is 2.96. The highest BCUT2D eigenvalue weighted by atomic mass is 35.7. The fourth-order valence-electron chi connectivity index (χ4n) is 0.882. The van der Waals surface area contributed by atoms with Crippen LogP contribution in [0.3, 0.4) is 0 Å². The molecule has 14 heavy (non-hydrogen) atoms. The molecule has 0 aromatic heterocycles. The van der Waals surface area contributed by atoms with Gasteiger partial charge in [-0.2, -0.15) is 4.39 Å². The van der Waals surface area contributed by atoms with E-state index in [4.69, 9.17) is 15.8 Å². The van der Waals surface area contributed by atoms with E-state index in [1.807, 2.05) is 0 Å². The quantitative estimate of drug-likeness (QED) is 0.804. The number of hydrogen-bond donors (Lipinski definition) is 1. The van der Waals surface area contributed by atoms with E-state index in [0.717, 1.165) is 6.07 Å². The zero-order valence-electron chi connectivity index (χ0n) is 6.67. The van der Waals surface area contributed by atoms with Crippen molar-refractivity contribution in [3.63, 3.8) is 0 Å². The van der Waals surface area contributed by atoms with E-state index in [-0.39, 0.29) is 5.56 Å². The molecule has 0 amide bonds. The van der Waals surface area contributed by atoms with Gasteiger partial charge in [0, 0.05) is 16.2 Å². The van der Waals surface area contributed by atoms with Gasteiger partial charge in [-0.1, -0.05) is 6.07 Å². The third-order valence-electron chi connectivity index (χ3n) is 1.48. The van der Waals surface area contributed by atoms with Crippen molar-refractivity contribution in [1.82, 2.24) is 0 Å². The van der Waals surface area contributed by atoms with Crippen molar-refractivity contribution in [2.24, 2.45) is 0 Å². The molecule has 0 fully saturated rings. The van der Waals surface area contributed by atoms with Crippen LogP contribution in [0, 0.1) is 11.6 Å². The Morgan fingerprint density at radius 3 is 2.43 bits per heavy atom. The molecule has 0 saturated carbocycles. The van der Waals surface area contributed by atoms with Crippen molar-refractivity contribution in [1.29, 1.82) is 0 Å². The van der Waals surface area contributed by atoms with Crippen molar-refractivity contribution in [2.75, 3.05) is 0 Å². The standard InChI is InChI=1S/C7H5ClF2O3S/c8-14(12,13)3-4-1-2-5(9)6(10)7(4)11/h1-2,11H,3H2. The van der Waals surface area contributed by atoms with E-state index in [1.54, 1.807) is 0 Å². The highest BCUT2D eigenvalue weighted by Crippen LogP contribution is 2.25. The molecular weight excluding hydrogens is 238 g/mol. The summed E-state index contributed by atoms with van der Waals surface area (Å²) in [4.78, 5) is 0. The molecule has 0 spiro atoms. The summed E-state index contributed by atoms with van der Waals surface area (Å²) in [6.07, 6.45) is 0. The molecule has 0 heterocycles. The molecule has 0 unspecified atom stereocenters. The predicted octanol–water partition coefficient (Wildman–Crippen LogP) is 1.74. The summed E-state index contributed by atoms with van der Waals surface area (Å²) in [6.45, 7) is 0. The minimum atomic E-state index is -3.91. The second-order valence-corrected chi connectivity index (χ2v) is 5.33. The van der Waals surface area contributed by atoms with Crippen LogP contribution in [0.1, 0.15) is 5.56 Å². The van der Waals surface area contributed by atoms with Crippen LogP contribution < -0.4 is 0 Å². The Labute approximate surface area is 83.4 Å². The summed E-state index contributed by atoms with van der Waals surface area (Å²) < 4.78 is 46.4. The minimum Gasteiger partial charge on any atom is -0.505 e. The summed E-state index contributed by atoms with van der Waals surface area (Å²) in [5, 5.41) is 9.00. The first-order chi connectivity index (χ1) is 6.31. The molecule has 0 aliphatic carbocycles. The lowest BCUT2D eigenvalue weighted by atomic mass is 10.2. The molecule has 7 heteroatoms. The number of phenols is 1. The lowest BCUT2D eigenvalue weighted by Crippen LogP contribution is -1.98. The number of hydrogen-bond acceptors (Lipinski definition) is 3. The summed E-state index contributed by atoms with van der Waals surface area (Å²) in [5.74, 6) is -4.52. The van der Waals surface area contributed by atoms with Crippen LogP contribution in [0.25, 0.3) is 0 Å². The maximum Gasteiger partial charge on any atom is 0.236 e. The van der Waals surface area contributed by atoms with Gasteiger partial charge in [-0.15, -0.1) is 0 Å². The molecule has 1 rings (SSSR count). The summed E-state index contributed by atoms with van der Waals surface area (Å²) in [6, 6.07) is 1.67. The Bertz CT molecular complexity index is 458. The van der Waals surface area contributed by atoms with Crippen molar-refractivity contribution in [3.05, 3.63) is 29.3 Å². The number of aromatic hydroxyl groups is 1. The average molecular weight is 243 g/mol. The van der Waals surface area contributed by atoms with Crippen LogP contribution >= 0.6 is 10.7 Å². The molecule has 0 radical (unpaired) electrons. The lowest BCUT2D eigenvalue weighted by molar-refractivity contribution is 0.403. The van der Waals surface area contributed by atoms with Crippen LogP contribution in [-0.4, -0.2) is 13.5 Å². The molecule has 0 saturated heterocycles. The second-order valence-electron chi connectivity index (χ2n) is 2.55. The summed E-state index contributed by atoms with van der Waals surface area (Å²) in [5.41, 5.74) is -0.279. The smallest absolute Gasteiger partial charge is 0.236 e. The molecule has 78 valence electrons. The SMILES string of the molecule is O=S(=O)(Cl)Cc1ccc(F)c(F)c1O. The second kappa shape index (κ2) is 3.70. The Morgan fingerprint density at radius 2 is 1.93 bits per heavy atom. The van der Waals surface area contributed by atoms with Gasteiger partial charge in [-0.05, 0) is 6.07 Å². The fraction of sp³-hybridized carbons (Fsp3) is 0.143. The highest BCUT2D eigenvalue weighted by Gasteiger charge is 2.16. The predicted molar refractivity (Wildman–Crippen MR) is 46.5 cm³/mol. The van der Waals surface area contributed by atoms with Gasteiger partial charge in [0.05, 0.1) is 5.75 Å². The monoisotopic (exact) mass is 242 g/mol. The van der Waals surface area contributed by atoms with E-state index in [0.29, 0.717) is 6.07 Å². The zero-order chi connectivity index (χ0) is 10.9. The van der Waals surface area contributed by atoms with Crippen LogP contribution in [0.15, 0.2) is 12.1 Å². The first-order valence-electron chi connectivity index (χ1n) is 3.39. The normalized spacial score (nSPS) is 11.6. The maximum atomic E-state index is 12.7. The minimum absolute atomic E-state index is 0.279. The van der Waals surface area contributed by atoms with Crippen LogP contribution in [0.5, 0.6) is 5.75 Å². The van der Waals surface area contributed by atoms with Gasteiger partial charge in [-0.3, -0.25) is 0 Å². The zero-order valence-corrected chi connectivity index (χ0v) is 8.24. The van der Waals surface area contributed by atoms with Crippen LogP contribution in [0.4, 0.5) is 8.78 Å². The van der Waals surface area contributed by atoms with Gasteiger partial charge < -0.3 is 5.11 Å². The first-order valence-corrected chi connectivity index (χ1v) is 5.87. The number of phenolic OH excluding ortho intramolecular Hbond substituents is 1. The maximum absolute atomic E-state index is 12.7. The number of benzene rings is 1. The van der Waals surface area contributed by atoms with Crippen LogP contribution in [-0.2, 0) is 14.8 Å². The average Bonchev–Trinajstić information content (AvgIpc) is 2.04. The molecule has 0 aliphatic rings. The highest BCUT2D eigenvalue weighted by molar-refractivity contribution is 8.13. The molecule has 1 aromatic carbocycles. The van der Waals surface area contributed by atoms with E-state index >= 15 is 0 Å². The van der Waals surface area contributed by atoms with Gasteiger partial charge >= 0.3 is 0 Å². The molecule has 1 N–H and O–H groups in total. The van der Waals surface area contributed by atoms with Gasteiger partial charge in [0.2, 0.25) is 14.9 Å². The number of rotatable bonds is 2. The summed E-state index contributed by atoms with van der Waals surface area (Å²) in [7, 11) is 0.971. The number of halogens is 3. The van der Waals surface area contributed by atoms with Gasteiger partial charge in [0.25, 0.3) is 0 Å². The van der Waals surface area contributed by atoms with E-state index in [9.17, 15) is 17.2 Å². The fourth-order valence-corrected chi connectivity index (χ4v) is 1.84. The molecule has 0 aliphatic heterocycles. The molecule has 0 atom stereocenters. The van der Waals surface area contributed by atoms with E-state index in [1.165, 1.54) is 0 Å². The van der Waals surface area contributed by atoms with E-state index < -0.39 is 32.2 Å². The Hall–Kier alpha value is -0.880. The van der Waals surface area contributed by atoms with Crippen molar-refractivity contribution in [3.8, 4) is 5.75 Å². The third kappa shape index (κ3) is 2.55. The Morgan fingerprint density at radius 1 is 1.36 bits per heavy atom. The van der Waals surface area contributed by atoms with Crippen molar-refractivity contribution in [2.45, 2.75) is 5.75 Å². The Balaban J connectivity index is 3.19. The topological polar surface area (TPSA) is 54.4 Å². The molecule has 0 bridgehead atoms. The van der Waals surface area contributed by atoms with Gasteiger partial charge in [0.15, 0.2) is 11.6 Å². The molecule has 3 nitrogen and oxygen atoms in total. The summed E-state index contributed by atoms with van der Waals surface area (Å²) >= 11 is 0. The van der Waals surface area contributed by atoms with E-state index in [2.05, 4.69) is 0 Å². The van der Waals surface area contributed by atoms with Crippen LogP contribution in [0.2, 0.25) is 0 Å². The van der Waals surface area contributed by atoms with Crippen molar-refractivity contribution < 1.29 is 22.3 Å². The largest absolute Gasteiger partial charge is 0.505 e. The third-order valence-corrected chi connectivity index (χ3v) is 2.46. The van der Waals surface area contributed by atoms with Crippen molar-refractivity contribution >= 4 is 19.7 Å². The first kappa shape index (κ1) is 11.2. The lowest BCUT2D eigenvalue weighted by Gasteiger charge is -2.03. The van der Waals surface area contributed by atoms with Gasteiger partial charge in [-0.25, -0.2) is 12.8 Å². The van der Waals surface area contributed by atoms with Gasteiger partial charge in [0.1, 0.15) is 0 Å². The molecule has 1 aromatic rings. The molecular formula is C7H5ClF2O3S.